The van der Waals surface area contributed by atoms with Gasteiger partial charge in [0.15, 0.2) is 0 Å². The van der Waals surface area contributed by atoms with E-state index in [-0.39, 0.29) is 11.6 Å². The van der Waals surface area contributed by atoms with Crippen LogP contribution in [-0.4, -0.2) is 28.8 Å². The molecule has 0 aliphatic carbocycles. The van der Waals surface area contributed by atoms with E-state index in [4.69, 9.17) is 4.84 Å². The first-order valence-corrected chi connectivity index (χ1v) is 5.70. The van der Waals surface area contributed by atoms with Crippen LogP contribution in [0.15, 0.2) is 0 Å². The van der Waals surface area contributed by atoms with Crippen LogP contribution in [0.2, 0.25) is 0 Å². The van der Waals surface area contributed by atoms with E-state index in [2.05, 4.69) is 5.32 Å². The predicted molar refractivity (Wildman–Crippen MR) is 59.0 cm³/mol. The number of rotatable bonds is 4. The molecule has 1 heterocycles. The fourth-order valence-corrected chi connectivity index (χ4v) is 1.95. The summed E-state index contributed by atoms with van der Waals surface area (Å²) in [5.41, 5.74) is -0.863. The van der Waals surface area contributed by atoms with E-state index in [1.165, 1.54) is 5.06 Å². The van der Waals surface area contributed by atoms with Crippen LogP contribution in [0.4, 0.5) is 0 Å². The van der Waals surface area contributed by atoms with Gasteiger partial charge in [-0.25, -0.2) is 0 Å². The van der Waals surface area contributed by atoms with Gasteiger partial charge in [0.2, 0.25) is 0 Å². The highest BCUT2D eigenvalue weighted by Gasteiger charge is 2.53. The molecule has 0 radical (unpaired) electrons. The zero-order valence-corrected chi connectivity index (χ0v) is 10.4. The van der Waals surface area contributed by atoms with Gasteiger partial charge in [-0.2, -0.15) is 5.06 Å². The molecule has 0 aromatic rings. The van der Waals surface area contributed by atoms with Crippen LogP contribution < -0.4 is 5.32 Å². The molecule has 2 unspecified atom stereocenters. The molecule has 1 aliphatic heterocycles. The zero-order chi connectivity index (χ0) is 11.7. The molecule has 15 heavy (non-hydrogen) atoms. The Morgan fingerprint density at radius 3 is 2.27 bits per heavy atom. The van der Waals surface area contributed by atoms with E-state index < -0.39 is 5.54 Å². The van der Waals surface area contributed by atoms with Crippen molar-refractivity contribution in [1.29, 1.82) is 0 Å². The van der Waals surface area contributed by atoms with Crippen molar-refractivity contribution >= 4 is 5.91 Å². The second kappa shape index (κ2) is 4.10. The Morgan fingerprint density at radius 1 is 1.27 bits per heavy atom. The lowest BCUT2D eigenvalue weighted by Gasteiger charge is -2.32. The molecule has 1 aliphatic rings. The highest BCUT2D eigenvalue weighted by atomic mass is 16.7. The standard InChI is InChI=1S/C11H22N2O2/c1-6-10(4)9(14)13(15-8-3)11(5,7-2)12-10/h12H,6-8H2,1-5H3. The molecule has 0 spiro atoms. The lowest BCUT2D eigenvalue weighted by Crippen LogP contribution is -2.51. The van der Waals surface area contributed by atoms with E-state index in [1.54, 1.807) is 0 Å². The van der Waals surface area contributed by atoms with E-state index in [0.29, 0.717) is 6.61 Å². The summed E-state index contributed by atoms with van der Waals surface area (Å²) in [5, 5.41) is 4.89. The van der Waals surface area contributed by atoms with Crippen molar-refractivity contribution < 1.29 is 9.63 Å². The molecule has 0 aromatic carbocycles. The number of carbonyl (C=O) groups is 1. The maximum atomic E-state index is 12.2. The largest absolute Gasteiger partial charge is 0.279 e. The SMILES string of the molecule is CCON1C(=O)C(C)(CC)NC1(C)CC. The summed E-state index contributed by atoms with van der Waals surface area (Å²) in [6, 6.07) is 0. The summed E-state index contributed by atoms with van der Waals surface area (Å²) in [7, 11) is 0. The monoisotopic (exact) mass is 214 g/mol. The van der Waals surface area contributed by atoms with Gasteiger partial charge in [-0.05, 0) is 33.6 Å². The Kier molecular flexibility index (Phi) is 3.41. The molecular formula is C11H22N2O2. The summed E-state index contributed by atoms with van der Waals surface area (Å²) in [6.45, 7) is 10.4. The van der Waals surface area contributed by atoms with Gasteiger partial charge in [0.25, 0.3) is 5.91 Å². The molecule has 0 bridgehead atoms. The summed E-state index contributed by atoms with van der Waals surface area (Å²) >= 11 is 0. The van der Waals surface area contributed by atoms with Gasteiger partial charge < -0.3 is 0 Å². The molecular weight excluding hydrogens is 192 g/mol. The number of hydrogen-bond donors (Lipinski definition) is 1. The summed E-state index contributed by atoms with van der Waals surface area (Å²) in [4.78, 5) is 17.6. The van der Waals surface area contributed by atoms with Crippen molar-refractivity contribution in [2.75, 3.05) is 6.61 Å². The number of carbonyl (C=O) groups excluding carboxylic acids is 1. The lowest BCUT2D eigenvalue weighted by molar-refractivity contribution is -0.208. The van der Waals surface area contributed by atoms with Crippen LogP contribution in [0.3, 0.4) is 0 Å². The predicted octanol–water partition coefficient (Wildman–Crippen LogP) is 1.66. The zero-order valence-electron chi connectivity index (χ0n) is 10.4. The fourth-order valence-electron chi connectivity index (χ4n) is 1.95. The molecule has 1 saturated heterocycles. The smallest absolute Gasteiger partial charge is 0.267 e. The molecule has 1 fully saturated rings. The van der Waals surface area contributed by atoms with Crippen LogP contribution in [-0.2, 0) is 9.63 Å². The Morgan fingerprint density at radius 2 is 1.87 bits per heavy atom. The van der Waals surface area contributed by atoms with E-state index in [1.807, 2.05) is 34.6 Å². The minimum Gasteiger partial charge on any atom is -0.279 e. The van der Waals surface area contributed by atoms with Crippen molar-refractivity contribution in [3.8, 4) is 0 Å². The molecule has 0 saturated carbocycles. The molecule has 4 nitrogen and oxygen atoms in total. The normalized spacial score (nSPS) is 36.3. The third kappa shape index (κ3) is 1.88. The van der Waals surface area contributed by atoms with E-state index in [0.717, 1.165) is 12.8 Å². The van der Waals surface area contributed by atoms with Crippen LogP contribution in [0.5, 0.6) is 0 Å². The van der Waals surface area contributed by atoms with Gasteiger partial charge in [-0.3, -0.25) is 14.9 Å². The van der Waals surface area contributed by atoms with Gasteiger partial charge in [-0.15, -0.1) is 0 Å². The first kappa shape index (κ1) is 12.5. The molecule has 2 atom stereocenters. The Hall–Kier alpha value is -0.610. The number of amides is 1. The molecule has 88 valence electrons. The van der Waals surface area contributed by atoms with Crippen molar-refractivity contribution in [2.45, 2.75) is 58.7 Å². The highest BCUT2D eigenvalue weighted by Crippen LogP contribution is 2.32. The number of hydroxylamine groups is 2. The number of hydrogen-bond acceptors (Lipinski definition) is 3. The van der Waals surface area contributed by atoms with Crippen LogP contribution in [0.25, 0.3) is 0 Å². The van der Waals surface area contributed by atoms with Crippen LogP contribution >= 0.6 is 0 Å². The van der Waals surface area contributed by atoms with Gasteiger partial charge in [0.1, 0.15) is 5.66 Å². The molecule has 1 rings (SSSR count). The number of nitrogens with zero attached hydrogens (tertiary/aromatic N) is 1. The van der Waals surface area contributed by atoms with Crippen molar-refractivity contribution in [3.63, 3.8) is 0 Å². The van der Waals surface area contributed by atoms with Crippen molar-refractivity contribution in [3.05, 3.63) is 0 Å². The molecule has 1 amide bonds. The minimum atomic E-state index is -0.486. The van der Waals surface area contributed by atoms with Crippen LogP contribution in [0, 0.1) is 0 Å². The third-order valence-electron chi connectivity index (χ3n) is 3.30. The fraction of sp³-hybridized carbons (Fsp3) is 0.909. The average molecular weight is 214 g/mol. The van der Waals surface area contributed by atoms with Crippen molar-refractivity contribution in [2.24, 2.45) is 0 Å². The Balaban J connectivity index is 2.97. The molecule has 1 N–H and O–H groups in total. The first-order chi connectivity index (χ1) is 6.93. The number of nitrogens with one attached hydrogen (secondary N) is 1. The summed E-state index contributed by atoms with van der Waals surface area (Å²) in [6.07, 6.45) is 1.60. The summed E-state index contributed by atoms with van der Waals surface area (Å²) in [5.74, 6) is 0.0381. The average Bonchev–Trinajstić information content (AvgIpc) is 2.42. The molecule has 0 aromatic heterocycles. The minimum absolute atomic E-state index is 0.0381. The lowest BCUT2D eigenvalue weighted by atomic mass is 9.99. The van der Waals surface area contributed by atoms with Crippen molar-refractivity contribution in [1.82, 2.24) is 10.4 Å². The maximum absolute atomic E-state index is 12.2. The van der Waals surface area contributed by atoms with E-state index in [9.17, 15) is 4.79 Å². The summed E-state index contributed by atoms with van der Waals surface area (Å²) < 4.78 is 0. The van der Waals surface area contributed by atoms with Gasteiger partial charge >= 0.3 is 0 Å². The maximum Gasteiger partial charge on any atom is 0.267 e. The highest BCUT2D eigenvalue weighted by molar-refractivity contribution is 5.88. The Labute approximate surface area is 91.9 Å². The second-order valence-corrected chi connectivity index (χ2v) is 4.46. The second-order valence-electron chi connectivity index (χ2n) is 4.46. The van der Waals surface area contributed by atoms with Gasteiger partial charge in [0.05, 0.1) is 12.1 Å². The topological polar surface area (TPSA) is 41.6 Å². The quantitative estimate of drug-likeness (QED) is 0.774. The van der Waals surface area contributed by atoms with Crippen LogP contribution in [0.1, 0.15) is 47.5 Å². The third-order valence-corrected chi connectivity index (χ3v) is 3.30. The molecule has 4 heteroatoms. The van der Waals surface area contributed by atoms with Gasteiger partial charge in [-0.1, -0.05) is 13.8 Å². The van der Waals surface area contributed by atoms with E-state index >= 15 is 0 Å². The van der Waals surface area contributed by atoms with Gasteiger partial charge in [0, 0.05) is 0 Å². The first-order valence-electron chi connectivity index (χ1n) is 5.70. The Bertz CT molecular complexity index is 257.